The smallest absolute Gasteiger partial charge is 0.309 e. The van der Waals surface area contributed by atoms with Crippen molar-refractivity contribution in [3.8, 4) is 17.5 Å². The number of hydrogen-bond donors (Lipinski definition) is 1. The number of rotatable bonds is 6. The fourth-order valence-electron chi connectivity index (χ4n) is 4.30. The summed E-state index contributed by atoms with van der Waals surface area (Å²) in [5.41, 5.74) is 1.05. The molecule has 1 saturated heterocycles. The number of hydrogen-bond acceptors (Lipinski definition) is 8. The van der Waals surface area contributed by atoms with Gasteiger partial charge in [-0.2, -0.15) is 9.50 Å². The number of benzene rings is 1. The van der Waals surface area contributed by atoms with Crippen molar-refractivity contribution in [2.45, 2.75) is 25.8 Å². The Morgan fingerprint density at radius 1 is 1.33 bits per heavy atom. The second kappa shape index (κ2) is 9.28. The van der Waals surface area contributed by atoms with Crippen LogP contribution in [0.5, 0.6) is 5.88 Å². The first-order chi connectivity index (χ1) is 16.0. The number of halogens is 1. The quantitative estimate of drug-likeness (QED) is 0.355. The van der Waals surface area contributed by atoms with Crippen molar-refractivity contribution in [2.24, 2.45) is 5.92 Å². The van der Waals surface area contributed by atoms with Gasteiger partial charge in [0, 0.05) is 4.47 Å². The maximum Gasteiger partial charge on any atom is 0.309 e. The van der Waals surface area contributed by atoms with E-state index in [1.54, 1.807) is 18.4 Å². The molecule has 1 N–H and O–H groups in total. The molecule has 172 valence electrons. The Hall–Kier alpha value is -2.69. The topological polar surface area (TPSA) is 93.1 Å². The average Bonchev–Trinajstić information content (AvgIpc) is 3.54. The Morgan fingerprint density at radius 2 is 2.15 bits per heavy atom. The van der Waals surface area contributed by atoms with Crippen LogP contribution in [0.1, 0.15) is 36.2 Å². The fraction of sp³-hybridized carbons (Fsp3) is 0.348. The van der Waals surface area contributed by atoms with Crippen molar-refractivity contribution in [1.29, 1.82) is 0 Å². The largest absolute Gasteiger partial charge is 0.492 e. The minimum Gasteiger partial charge on any atom is -0.492 e. The SMILES string of the molecule is CCOC(=O)C1CCN([C@H](c2cccc(Br)c2)c2sc3nc(-c4ccco4)nn3c2O)CC1. The molecule has 1 fully saturated rings. The predicted octanol–water partition coefficient (Wildman–Crippen LogP) is 4.88. The highest BCUT2D eigenvalue weighted by Gasteiger charge is 2.34. The zero-order valence-electron chi connectivity index (χ0n) is 18.0. The molecule has 3 aromatic heterocycles. The number of thiazole rings is 1. The van der Waals surface area contributed by atoms with E-state index in [2.05, 4.69) is 43.0 Å². The Morgan fingerprint density at radius 3 is 2.82 bits per heavy atom. The lowest BCUT2D eigenvalue weighted by Crippen LogP contribution is -2.39. The number of fused-ring (bicyclic) bond motifs is 1. The van der Waals surface area contributed by atoms with E-state index in [0.29, 0.717) is 49.1 Å². The van der Waals surface area contributed by atoms with E-state index < -0.39 is 0 Å². The molecule has 0 unspecified atom stereocenters. The van der Waals surface area contributed by atoms with E-state index in [-0.39, 0.29) is 23.8 Å². The lowest BCUT2D eigenvalue weighted by atomic mass is 9.93. The van der Waals surface area contributed by atoms with Gasteiger partial charge in [0.15, 0.2) is 5.76 Å². The number of carbonyl (C=O) groups excluding carboxylic acids is 1. The lowest BCUT2D eigenvalue weighted by Gasteiger charge is -2.36. The van der Waals surface area contributed by atoms with Gasteiger partial charge in [-0.1, -0.05) is 39.4 Å². The predicted molar refractivity (Wildman–Crippen MR) is 127 cm³/mol. The Kier molecular flexibility index (Phi) is 6.22. The van der Waals surface area contributed by atoms with Crippen LogP contribution in [0.4, 0.5) is 0 Å². The zero-order chi connectivity index (χ0) is 22.9. The molecule has 33 heavy (non-hydrogen) atoms. The molecule has 4 aromatic rings. The van der Waals surface area contributed by atoms with Crippen molar-refractivity contribution in [3.63, 3.8) is 0 Å². The van der Waals surface area contributed by atoms with Crippen LogP contribution in [0.3, 0.4) is 0 Å². The first kappa shape index (κ1) is 22.1. The van der Waals surface area contributed by atoms with Gasteiger partial charge in [0.25, 0.3) is 0 Å². The molecule has 1 atom stereocenters. The molecule has 0 saturated carbocycles. The number of nitrogens with zero attached hydrogens (tertiary/aromatic N) is 4. The minimum absolute atomic E-state index is 0.0674. The van der Waals surface area contributed by atoms with Crippen molar-refractivity contribution in [1.82, 2.24) is 19.5 Å². The summed E-state index contributed by atoms with van der Waals surface area (Å²) in [5, 5.41) is 15.6. The third kappa shape index (κ3) is 4.30. The Bertz CT molecular complexity index is 1260. The van der Waals surface area contributed by atoms with Crippen LogP contribution in [-0.2, 0) is 9.53 Å². The standard InChI is InChI=1S/C23H23BrN4O4S/c1-2-31-22(30)14-8-10-27(11-9-14)18(15-5-3-6-16(24)13-15)19-21(29)28-23(33-19)25-20(26-28)17-7-4-12-32-17/h3-7,12-14,18,29H,2,8-11H2,1H3/t18-/m1/s1. The van der Waals surface area contributed by atoms with Crippen molar-refractivity contribution >= 4 is 38.2 Å². The average molecular weight is 531 g/mol. The van der Waals surface area contributed by atoms with E-state index >= 15 is 0 Å². The number of piperidine rings is 1. The molecular formula is C23H23BrN4O4S. The molecule has 8 nitrogen and oxygen atoms in total. The fourth-order valence-corrected chi connectivity index (χ4v) is 5.83. The monoisotopic (exact) mass is 530 g/mol. The number of ether oxygens (including phenoxy) is 1. The summed E-state index contributed by atoms with van der Waals surface area (Å²) in [4.78, 5) is 20.4. The molecule has 0 amide bonds. The first-order valence-electron chi connectivity index (χ1n) is 10.8. The molecule has 0 radical (unpaired) electrons. The van der Waals surface area contributed by atoms with Gasteiger partial charge in [0.2, 0.25) is 16.7 Å². The number of furan rings is 1. The minimum atomic E-state index is -0.189. The van der Waals surface area contributed by atoms with Crippen LogP contribution in [0.2, 0.25) is 0 Å². The summed E-state index contributed by atoms with van der Waals surface area (Å²) in [6.07, 6.45) is 3.00. The second-order valence-electron chi connectivity index (χ2n) is 7.92. The number of likely N-dealkylation sites (tertiary alicyclic amines) is 1. The van der Waals surface area contributed by atoms with Crippen LogP contribution in [0.15, 0.2) is 51.6 Å². The van der Waals surface area contributed by atoms with Gasteiger partial charge in [-0.15, -0.1) is 5.10 Å². The van der Waals surface area contributed by atoms with Crippen molar-refractivity contribution < 1.29 is 19.1 Å². The third-order valence-electron chi connectivity index (χ3n) is 5.87. The van der Waals surface area contributed by atoms with E-state index in [4.69, 9.17) is 9.15 Å². The van der Waals surface area contributed by atoms with Gasteiger partial charge in [0.1, 0.15) is 0 Å². The molecule has 5 rings (SSSR count). The molecule has 0 bridgehead atoms. The molecule has 0 aliphatic carbocycles. The van der Waals surface area contributed by atoms with E-state index in [1.165, 1.54) is 15.9 Å². The highest BCUT2D eigenvalue weighted by atomic mass is 79.9. The molecule has 10 heteroatoms. The first-order valence-corrected chi connectivity index (χ1v) is 12.4. The normalized spacial score (nSPS) is 16.3. The third-order valence-corrected chi connectivity index (χ3v) is 7.43. The van der Waals surface area contributed by atoms with Gasteiger partial charge in [0.05, 0.1) is 29.7 Å². The van der Waals surface area contributed by atoms with Gasteiger partial charge in [-0.05, 0) is 62.7 Å². The summed E-state index contributed by atoms with van der Waals surface area (Å²) >= 11 is 4.98. The maximum absolute atomic E-state index is 12.2. The van der Waals surface area contributed by atoms with E-state index in [1.807, 2.05) is 19.1 Å². The maximum atomic E-state index is 12.2. The summed E-state index contributed by atoms with van der Waals surface area (Å²) in [7, 11) is 0. The number of carbonyl (C=O) groups is 1. The number of aromatic nitrogens is 3. The van der Waals surface area contributed by atoms with Crippen molar-refractivity contribution in [2.75, 3.05) is 19.7 Å². The summed E-state index contributed by atoms with van der Waals surface area (Å²) < 4.78 is 13.0. The van der Waals surface area contributed by atoms with Crippen LogP contribution in [0, 0.1) is 5.92 Å². The molecule has 1 aliphatic rings. The highest BCUT2D eigenvalue weighted by molar-refractivity contribution is 9.10. The molecule has 1 aromatic carbocycles. The Labute approximate surface area is 202 Å². The molecular weight excluding hydrogens is 508 g/mol. The van der Waals surface area contributed by atoms with Crippen molar-refractivity contribution in [3.05, 3.63) is 57.6 Å². The lowest BCUT2D eigenvalue weighted by molar-refractivity contribution is -0.149. The van der Waals surface area contributed by atoms with Gasteiger partial charge in [-0.25, -0.2) is 0 Å². The van der Waals surface area contributed by atoms with E-state index in [0.717, 1.165) is 14.9 Å². The second-order valence-corrected chi connectivity index (χ2v) is 9.84. The van der Waals surface area contributed by atoms with Gasteiger partial charge < -0.3 is 14.3 Å². The number of esters is 1. The summed E-state index contributed by atoms with van der Waals surface area (Å²) in [5.74, 6) is 0.843. The van der Waals surface area contributed by atoms with Gasteiger partial charge >= 0.3 is 5.97 Å². The highest BCUT2D eigenvalue weighted by Crippen LogP contribution is 2.42. The molecule has 1 aliphatic heterocycles. The van der Waals surface area contributed by atoms with Gasteiger partial charge in [-0.3, -0.25) is 9.69 Å². The zero-order valence-corrected chi connectivity index (χ0v) is 20.4. The number of aromatic hydroxyl groups is 1. The summed E-state index contributed by atoms with van der Waals surface area (Å²) in [6.45, 7) is 3.66. The van der Waals surface area contributed by atoms with Crippen LogP contribution < -0.4 is 0 Å². The molecule has 4 heterocycles. The van der Waals surface area contributed by atoms with Crippen LogP contribution in [-0.4, -0.2) is 50.3 Å². The Balaban J connectivity index is 1.49. The van der Waals surface area contributed by atoms with E-state index in [9.17, 15) is 9.90 Å². The molecule has 0 spiro atoms. The van der Waals surface area contributed by atoms with Crippen LogP contribution >= 0.6 is 27.3 Å². The summed E-state index contributed by atoms with van der Waals surface area (Å²) in [6, 6.07) is 11.5. The van der Waals surface area contributed by atoms with Crippen LogP contribution in [0.25, 0.3) is 16.5 Å².